The molecule has 86 valence electrons. The van der Waals surface area contributed by atoms with E-state index in [1.165, 1.54) is 0 Å². The number of para-hydroxylation sites is 2. The van der Waals surface area contributed by atoms with Gasteiger partial charge in [-0.05, 0) is 18.6 Å². The minimum atomic E-state index is -0.0969. The molecule has 4 heteroatoms. The molecule has 1 aromatic carbocycles. The minimum absolute atomic E-state index is 0.0906. The van der Waals surface area contributed by atoms with Crippen LogP contribution < -0.4 is 0 Å². The number of Topliss-reactive ketones (excluding diaryl/α,β-unsaturated/α-hetero) is 1. The van der Waals surface area contributed by atoms with Crippen molar-refractivity contribution < 1.29 is 14.3 Å². The Morgan fingerprint density at radius 2 is 2.06 bits per heavy atom. The number of hydrogen-bond acceptors (Lipinski definition) is 4. The van der Waals surface area contributed by atoms with Crippen LogP contribution in [0.15, 0.2) is 34.4 Å². The normalized spacial score (nSPS) is 16.8. The summed E-state index contributed by atoms with van der Waals surface area (Å²) in [5.74, 6) is 0.224. The number of aliphatic hydroxyl groups is 1. The van der Waals surface area contributed by atoms with E-state index in [-0.39, 0.29) is 23.0 Å². The smallest absolute Gasteiger partial charge is 0.234 e. The Labute approximate surface area is 97.6 Å². The van der Waals surface area contributed by atoms with E-state index >= 15 is 0 Å². The number of aliphatic hydroxyl groups excluding tert-OH is 1. The third kappa shape index (κ3) is 1.62. The van der Waals surface area contributed by atoms with Crippen LogP contribution in [-0.4, -0.2) is 15.9 Å². The fourth-order valence-corrected chi connectivity index (χ4v) is 2.05. The minimum Gasteiger partial charge on any atom is -0.511 e. The number of carbonyl (C=O) groups excluding carboxylic acids is 1. The molecule has 0 fully saturated rings. The number of carbonyl (C=O) groups is 1. The summed E-state index contributed by atoms with van der Waals surface area (Å²) >= 11 is 0. The van der Waals surface area contributed by atoms with Crippen LogP contribution in [0.3, 0.4) is 0 Å². The van der Waals surface area contributed by atoms with Crippen molar-refractivity contribution >= 4 is 22.5 Å². The lowest BCUT2D eigenvalue weighted by atomic mass is 9.96. The Morgan fingerprint density at radius 3 is 2.82 bits per heavy atom. The van der Waals surface area contributed by atoms with Crippen molar-refractivity contribution in [3.63, 3.8) is 0 Å². The number of ketones is 1. The van der Waals surface area contributed by atoms with Crippen LogP contribution in [0.4, 0.5) is 0 Å². The van der Waals surface area contributed by atoms with Gasteiger partial charge in [-0.3, -0.25) is 4.79 Å². The third-order valence-electron chi connectivity index (χ3n) is 2.89. The van der Waals surface area contributed by atoms with Gasteiger partial charge < -0.3 is 9.52 Å². The number of rotatable bonds is 1. The van der Waals surface area contributed by atoms with Crippen LogP contribution in [0.1, 0.15) is 25.2 Å². The molecule has 1 aliphatic rings. The highest BCUT2D eigenvalue weighted by Crippen LogP contribution is 2.29. The molecule has 3 rings (SSSR count). The van der Waals surface area contributed by atoms with E-state index in [1.807, 2.05) is 18.2 Å². The molecule has 4 nitrogen and oxygen atoms in total. The lowest BCUT2D eigenvalue weighted by molar-refractivity contribution is -0.114. The standard InChI is InChI=1S/C13H11NO3/c15-9-5-3-6-10(16)12(9)13-14-8-4-1-2-7-11(8)17-13/h1-2,4,7,15H,3,5-6H2. The molecule has 0 amide bonds. The van der Waals surface area contributed by atoms with Crippen LogP contribution >= 0.6 is 0 Å². The summed E-state index contributed by atoms with van der Waals surface area (Å²) in [4.78, 5) is 16.0. The quantitative estimate of drug-likeness (QED) is 0.816. The number of aromatic nitrogens is 1. The summed E-state index contributed by atoms with van der Waals surface area (Å²) in [5, 5.41) is 9.78. The molecule has 0 saturated heterocycles. The van der Waals surface area contributed by atoms with Gasteiger partial charge in [-0.2, -0.15) is 0 Å². The van der Waals surface area contributed by atoms with Crippen LogP contribution in [0.25, 0.3) is 16.7 Å². The number of fused-ring (bicyclic) bond motifs is 1. The number of benzene rings is 1. The highest BCUT2D eigenvalue weighted by atomic mass is 16.4. The Kier molecular flexibility index (Phi) is 2.21. The SMILES string of the molecule is O=C1CCCC(O)=C1c1nc2ccccc2o1. The molecular weight excluding hydrogens is 218 g/mol. The fourth-order valence-electron chi connectivity index (χ4n) is 2.05. The molecule has 0 unspecified atom stereocenters. The van der Waals surface area contributed by atoms with Crippen molar-refractivity contribution in [3.8, 4) is 0 Å². The monoisotopic (exact) mass is 229 g/mol. The highest BCUT2D eigenvalue weighted by molar-refractivity contribution is 6.20. The summed E-state index contributed by atoms with van der Waals surface area (Å²) in [7, 11) is 0. The van der Waals surface area contributed by atoms with Gasteiger partial charge in [0.2, 0.25) is 5.89 Å². The molecule has 0 bridgehead atoms. The van der Waals surface area contributed by atoms with Crippen LogP contribution in [0.2, 0.25) is 0 Å². The van der Waals surface area contributed by atoms with Crippen molar-refractivity contribution in [3.05, 3.63) is 35.9 Å². The third-order valence-corrected chi connectivity index (χ3v) is 2.89. The van der Waals surface area contributed by atoms with Gasteiger partial charge >= 0.3 is 0 Å². The van der Waals surface area contributed by atoms with Gasteiger partial charge in [-0.1, -0.05) is 12.1 Å². The number of oxazole rings is 1. The summed E-state index contributed by atoms with van der Waals surface area (Å²) in [5.41, 5.74) is 1.56. The van der Waals surface area contributed by atoms with Crippen molar-refractivity contribution in [1.82, 2.24) is 4.98 Å². The summed E-state index contributed by atoms with van der Waals surface area (Å²) in [6.45, 7) is 0. The second-order valence-corrected chi connectivity index (χ2v) is 4.09. The first kappa shape index (κ1) is 10.1. The predicted octanol–water partition coefficient (Wildman–Crippen LogP) is 2.85. The second-order valence-electron chi connectivity index (χ2n) is 4.09. The van der Waals surface area contributed by atoms with Gasteiger partial charge in [0.15, 0.2) is 11.4 Å². The lowest BCUT2D eigenvalue weighted by Crippen LogP contribution is -2.10. The number of nitrogens with zero attached hydrogens (tertiary/aromatic N) is 1. The van der Waals surface area contributed by atoms with Crippen molar-refractivity contribution in [2.75, 3.05) is 0 Å². The molecule has 0 saturated carbocycles. The topological polar surface area (TPSA) is 63.3 Å². The van der Waals surface area contributed by atoms with Gasteiger partial charge in [0.05, 0.1) is 0 Å². The molecule has 2 aromatic rings. The molecular formula is C13H11NO3. The predicted molar refractivity (Wildman–Crippen MR) is 62.4 cm³/mol. The molecule has 0 aliphatic heterocycles. The van der Waals surface area contributed by atoms with Crippen molar-refractivity contribution in [1.29, 1.82) is 0 Å². The average Bonchev–Trinajstić information content (AvgIpc) is 2.71. The van der Waals surface area contributed by atoms with Crippen molar-refractivity contribution in [2.24, 2.45) is 0 Å². The molecule has 1 N–H and O–H groups in total. The highest BCUT2D eigenvalue weighted by Gasteiger charge is 2.25. The van der Waals surface area contributed by atoms with Gasteiger partial charge in [0.1, 0.15) is 16.8 Å². The zero-order chi connectivity index (χ0) is 11.8. The first-order valence-corrected chi connectivity index (χ1v) is 5.57. The van der Waals surface area contributed by atoms with Crippen molar-refractivity contribution in [2.45, 2.75) is 19.3 Å². The van der Waals surface area contributed by atoms with Gasteiger partial charge in [-0.25, -0.2) is 4.98 Å². The molecule has 0 atom stereocenters. The Morgan fingerprint density at radius 1 is 1.24 bits per heavy atom. The Bertz CT molecular complexity index is 591. The second kappa shape index (κ2) is 3.73. The van der Waals surface area contributed by atoms with E-state index in [1.54, 1.807) is 6.07 Å². The van der Waals surface area contributed by atoms with Crippen LogP contribution in [0, 0.1) is 0 Å². The van der Waals surface area contributed by atoms with Gasteiger partial charge in [0.25, 0.3) is 0 Å². The molecule has 1 heterocycles. The van der Waals surface area contributed by atoms with Crippen LogP contribution in [0.5, 0.6) is 0 Å². The maximum absolute atomic E-state index is 11.8. The molecule has 17 heavy (non-hydrogen) atoms. The van der Waals surface area contributed by atoms with E-state index in [9.17, 15) is 9.90 Å². The first-order valence-electron chi connectivity index (χ1n) is 5.57. The number of hydrogen-bond donors (Lipinski definition) is 1. The molecule has 0 radical (unpaired) electrons. The van der Waals surface area contributed by atoms with Gasteiger partial charge in [-0.15, -0.1) is 0 Å². The van der Waals surface area contributed by atoms with E-state index < -0.39 is 0 Å². The zero-order valence-electron chi connectivity index (χ0n) is 9.14. The zero-order valence-corrected chi connectivity index (χ0v) is 9.14. The largest absolute Gasteiger partial charge is 0.511 e. The maximum Gasteiger partial charge on any atom is 0.234 e. The maximum atomic E-state index is 11.8. The number of allylic oxidation sites excluding steroid dienone is 2. The van der Waals surface area contributed by atoms with Crippen LogP contribution in [-0.2, 0) is 4.79 Å². The molecule has 0 spiro atoms. The Balaban J connectivity index is 2.17. The van der Waals surface area contributed by atoms with E-state index in [0.717, 1.165) is 0 Å². The molecule has 1 aliphatic carbocycles. The van der Waals surface area contributed by atoms with E-state index in [0.29, 0.717) is 30.4 Å². The molecule has 1 aromatic heterocycles. The van der Waals surface area contributed by atoms with E-state index in [4.69, 9.17) is 4.42 Å². The van der Waals surface area contributed by atoms with Gasteiger partial charge in [0, 0.05) is 12.8 Å². The summed E-state index contributed by atoms with van der Waals surface area (Å²) in [6.07, 6.45) is 1.65. The lowest BCUT2D eigenvalue weighted by Gasteiger charge is -2.11. The van der Waals surface area contributed by atoms with E-state index in [2.05, 4.69) is 4.98 Å². The average molecular weight is 229 g/mol. The summed E-state index contributed by atoms with van der Waals surface area (Å²) < 4.78 is 5.50. The first-order chi connectivity index (χ1) is 8.25. The summed E-state index contributed by atoms with van der Waals surface area (Å²) in [6, 6.07) is 7.30. The Hall–Kier alpha value is -2.10. The fraction of sp³-hybridized carbons (Fsp3) is 0.231.